The lowest BCUT2D eigenvalue weighted by molar-refractivity contribution is -0.154. The highest BCUT2D eigenvalue weighted by Gasteiger charge is 2.33. The minimum atomic E-state index is -1.14. The lowest BCUT2D eigenvalue weighted by atomic mass is 10.0. The minimum absolute atomic E-state index is 0.427. The van der Waals surface area contributed by atoms with Gasteiger partial charge in [0.2, 0.25) is 5.60 Å². The molecule has 0 amide bonds. The number of carbonyl (C=O) groups is 1. The van der Waals surface area contributed by atoms with Crippen LogP contribution in [0.5, 0.6) is 5.75 Å². The van der Waals surface area contributed by atoms with E-state index >= 15 is 0 Å². The Balaban J connectivity index is 2.84. The maximum atomic E-state index is 11.0. The van der Waals surface area contributed by atoms with Gasteiger partial charge in [-0.1, -0.05) is 24.6 Å². The summed E-state index contributed by atoms with van der Waals surface area (Å²) in [6.07, 6.45) is 0.427. The summed E-state index contributed by atoms with van der Waals surface area (Å²) in [7, 11) is 0. The zero-order valence-corrected chi connectivity index (χ0v) is 9.28. The fourth-order valence-electron chi connectivity index (χ4n) is 1.13. The number of aryl methyl sites for hydroxylation is 1. The first-order valence-electron chi connectivity index (χ1n) is 4.97. The Hall–Kier alpha value is -1.51. The first kappa shape index (κ1) is 11.6. The first-order chi connectivity index (χ1) is 6.98. The molecule has 3 nitrogen and oxygen atoms in total. The molecule has 0 bridgehead atoms. The molecule has 0 spiro atoms. The van der Waals surface area contributed by atoms with Crippen LogP contribution in [0.25, 0.3) is 0 Å². The van der Waals surface area contributed by atoms with E-state index in [9.17, 15) is 4.79 Å². The molecule has 0 aliphatic heterocycles. The van der Waals surface area contributed by atoms with Gasteiger partial charge in [0, 0.05) is 0 Å². The minimum Gasteiger partial charge on any atom is -0.478 e. The zero-order chi connectivity index (χ0) is 11.5. The maximum absolute atomic E-state index is 11.0. The van der Waals surface area contributed by atoms with Gasteiger partial charge in [-0.3, -0.25) is 0 Å². The van der Waals surface area contributed by atoms with E-state index in [2.05, 4.69) is 0 Å². The second kappa shape index (κ2) is 4.34. The van der Waals surface area contributed by atoms with Gasteiger partial charge in [0.15, 0.2) is 0 Å². The van der Waals surface area contributed by atoms with Gasteiger partial charge in [0.1, 0.15) is 5.75 Å². The smallest absolute Gasteiger partial charge is 0.347 e. The Morgan fingerprint density at radius 1 is 1.40 bits per heavy atom. The number of ether oxygens (including phenoxy) is 1. The van der Waals surface area contributed by atoms with Crippen molar-refractivity contribution in [3.05, 3.63) is 29.8 Å². The summed E-state index contributed by atoms with van der Waals surface area (Å²) in [4.78, 5) is 11.0. The highest BCUT2D eigenvalue weighted by atomic mass is 16.5. The summed E-state index contributed by atoms with van der Waals surface area (Å²) in [6, 6.07) is 7.36. The topological polar surface area (TPSA) is 46.5 Å². The third-order valence-corrected chi connectivity index (χ3v) is 2.49. The quantitative estimate of drug-likeness (QED) is 0.827. The van der Waals surface area contributed by atoms with Gasteiger partial charge in [0.05, 0.1) is 0 Å². The van der Waals surface area contributed by atoms with Crippen molar-refractivity contribution in [1.82, 2.24) is 0 Å². The summed E-state index contributed by atoms with van der Waals surface area (Å²) in [5.41, 5.74) is -0.0224. The fraction of sp³-hybridized carbons (Fsp3) is 0.417. The van der Waals surface area contributed by atoms with Gasteiger partial charge >= 0.3 is 5.97 Å². The zero-order valence-electron chi connectivity index (χ0n) is 9.28. The van der Waals surface area contributed by atoms with Crippen LogP contribution < -0.4 is 4.74 Å². The monoisotopic (exact) mass is 208 g/mol. The molecule has 0 radical (unpaired) electrons. The lowest BCUT2D eigenvalue weighted by Crippen LogP contribution is -2.40. The number of aliphatic carboxylic acids is 1. The fourth-order valence-corrected chi connectivity index (χ4v) is 1.13. The molecule has 1 aromatic rings. The van der Waals surface area contributed by atoms with Crippen LogP contribution in [0, 0.1) is 6.92 Å². The Morgan fingerprint density at radius 2 is 1.93 bits per heavy atom. The molecule has 0 aliphatic rings. The predicted molar refractivity (Wildman–Crippen MR) is 58.1 cm³/mol. The Kier molecular flexibility index (Phi) is 3.35. The maximum Gasteiger partial charge on any atom is 0.347 e. The van der Waals surface area contributed by atoms with Crippen LogP contribution in [0.2, 0.25) is 0 Å². The molecule has 1 N–H and O–H groups in total. The molecule has 1 rings (SSSR count). The molecule has 1 aromatic carbocycles. The molecule has 3 heteroatoms. The largest absolute Gasteiger partial charge is 0.478 e. The summed E-state index contributed by atoms with van der Waals surface area (Å²) < 4.78 is 5.47. The van der Waals surface area contributed by atoms with Crippen LogP contribution in [0.15, 0.2) is 24.3 Å². The van der Waals surface area contributed by atoms with E-state index < -0.39 is 11.6 Å². The van der Waals surface area contributed by atoms with Gasteiger partial charge in [-0.2, -0.15) is 0 Å². The SMILES string of the molecule is CC[C@](C)(Oc1ccc(C)cc1)C(=O)O. The van der Waals surface area contributed by atoms with E-state index in [-0.39, 0.29) is 0 Å². The van der Waals surface area contributed by atoms with E-state index in [0.29, 0.717) is 12.2 Å². The summed E-state index contributed by atoms with van der Waals surface area (Å²) in [5, 5.41) is 9.02. The second-order valence-electron chi connectivity index (χ2n) is 3.80. The van der Waals surface area contributed by atoms with Crippen molar-refractivity contribution in [2.45, 2.75) is 32.8 Å². The Labute approximate surface area is 89.7 Å². The highest BCUT2D eigenvalue weighted by Crippen LogP contribution is 2.21. The Morgan fingerprint density at radius 3 is 2.33 bits per heavy atom. The van der Waals surface area contributed by atoms with Crippen molar-refractivity contribution in [1.29, 1.82) is 0 Å². The van der Waals surface area contributed by atoms with E-state index in [1.54, 1.807) is 26.0 Å². The Bertz CT molecular complexity index is 342. The molecule has 0 aliphatic carbocycles. The average molecular weight is 208 g/mol. The summed E-state index contributed by atoms with van der Waals surface area (Å²) in [6.45, 7) is 5.34. The third-order valence-electron chi connectivity index (χ3n) is 2.49. The van der Waals surface area contributed by atoms with Crippen LogP contribution in [-0.2, 0) is 4.79 Å². The van der Waals surface area contributed by atoms with Gasteiger partial charge in [-0.05, 0) is 32.4 Å². The summed E-state index contributed by atoms with van der Waals surface area (Å²) >= 11 is 0. The number of rotatable bonds is 4. The van der Waals surface area contributed by atoms with Crippen molar-refractivity contribution in [3.63, 3.8) is 0 Å². The number of carboxylic acids is 1. The molecular weight excluding hydrogens is 192 g/mol. The van der Waals surface area contributed by atoms with Crippen molar-refractivity contribution < 1.29 is 14.6 Å². The second-order valence-corrected chi connectivity index (χ2v) is 3.80. The summed E-state index contributed by atoms with van der Waals surface area (Å²) in [5.74, 6) is -0.349. The normalized spacial score (nSPS) is 14.3. The van der Waals surface area contributed by atoms with Crippen molar-refractivity contribution >= 4 is 5.97 Å². The average Bonchev–Trinajstić information content (AvgIpc) is 2.21. The number of carboxylic acid groups (broad SMARTS) is 1. The molecule has 0 unspecified atom stereocenters. The van der Waals surface area contributed by atoms with E-state index in [4.69, 9.17) is 9.84 Å². The molecule has 0 aromatic heterocycles. The molecule has 15 heavy (non-hydrogen) atoms. The van der Waals surface area contributed by atoms with Crippen molar-refractivity contribution in [3.8, 4) is 5.75 Å². The molecular formula is C12H16O3. The standard InChI is InChI=1S/C12H16O3/c1-4-12(3,11(13)14)15-10-7-5-9(2)6-8-10/h5-8H,4H2,1-3H3,(H,13,14)/t12-/m0/s1. The first-order valence-corrected chi connectivity index (χ1v) is 4.97. The van der Waals surface area contributed by atoms with Crippen LogP contribution in [0.1, 0.15) is 25.8 Å². The van der Waals surface area contributed by atoms with Crippen LogP contribution in [0.4, 0.5) is 0 Å². The van der Waals surface area contributed by atoms with Crippen LogP contribution >= 0.6 is 0 Å². The molecule has 0 heterocycles. The number of hydrogen-bond donors (Lipinski definition) is 1. The predicted octanol–water partition coefficient (Wildman–Crippen LogP) is 2.63. The van der Waals surface area contributed by atoms with Gasteiger partial charge in [-0.15, -0.1) is 0 Å². The molecule has 1 atom stereocenters. The lowest BCUT2D eigenvalue weighted by Gasteiger charge is -2.24. The van der Waals surface area contributed by atoms with Crippen LogP contribution in [0.3, 0.4) is 0 Å². The number of hydrogen-bond acceptors (Lipinski definition) is 2. The van der Waals surface area contributed by atoms with Crippen molar-refractivity contribution in [2.75, 3.05) is 0 Å². The highest BCUT2D eigenvalue weighted by molar-refractivity contribution is 5.77. The van der Waals surface area contributed by atoms with Gasteiger partial charge in [-0.25, -0.2) is 4.79 Å². The number of benzene rings is 1. The van der Waals surface area contributed by atoms with E-state index in [1.165, 1.54) is 0 Å². The molecule has 82 valence electrons. The molecule has 0 fully saturated rings. The third kappa shape index (κ3) is 2.72. The molecule has 0 saturated carbocycles. The van der Waals surface area contributed by atoms with Crippen molar-refractivity contribution in [2.24, 2.45) is 0 Å². The van der Waals surface area contributed by atoms with E-state index in [1.807, 2.05) is 19.1 Å². The van der Waals surface area contributed by atoms with Gasteiger partial charge in [0.25, 0.3) is 0 Å². The molecule has 0 saturated heterocycles. The van der Waals surface area contributed by atoms with Crippen LogP contribution in [-0.4, -0.2) is 16.7 Å². The van der Waals surface area contributed by atoms with Gasteiger partial charge < -0.3 is 9.84 Å². The van der Waals surface area contributed by atoms with E-state index in [0.717, 1.165) is 5.56 Å².